The molecule has 0 heterocycles. The molecule has 0 unspecified atom stereocenters. The summed E-state index contributed by atoms with van der Waals surface area (Å²) in [6.07, 6.45) is 0.570. The molecule has 2 heteroatoms. The number of amides is 1. The molecule has 17 heavy (non-hydrogen) atoms. The van der Waals surface area contributed by atoms with E-state index in [2.05, 4.69) is 32.9 Å². The van der Waals surface area contributed by atoms with Crippen LogP contribution in [-0.4, -0.2) is 24.9 Å². The molecule has 0 aliphatic rings. The van der Waals surface area contributed by atoms with E-state index >= 15 is 0 Å². The first kappa shape index (κ1) is 13.8. The second-order valence-corrected chi connectivity index (χ2v) is 5.82. The summed E-state index contributed by atoms with van der Waals surface area (Å²) in [6, 6.07) is 10.3. The molecule has 0 aliphatic heterocycles. The summed E-state index contributed by atoms with van der Waals surface area (Å²) in [5.74, 6) is 0.451. The monoisotopic (exact) mass is 233 g/mol. The van der Waals surface area contributed by atoms with Gasteiger partial charge in [-0.05, 0) is 16.9 Å². The van der Waals surface area contributed by atoms with Crippen LogP contribution in [0.5, 0.6) is 0 Å². The van der Waals surface area contributed by atoms with Gasteiger partial charge in [0.1, 0.15) is 0 Å². The second-order valence-electron chi connectivity index (χ2n) is 5.82. The van der Waals surface area contributed by atoms with Gasteiger partial charge in [0.25, 0.3) is 0 Å². The van der Waals surface area contributed by atoms with E-state index in [4.69, 9.17) is 0 Å². The Balaban J connectivity index is 2.95. The zero-order valence-corrected chi connectivity index (χ0v) is 11.5. The van der Waals surface area contributed by atoms with Crippen molar-refractivity contribution in [3.8, 4) is 0 Å². The fraction of sp³-hybridized carbons (Fsp3) is 0.533. The van der Waals surface area contributed by atoms with Crippen LogP contribution in [0.25, 0.3) is 0 Å². The predicted octanol–water partition coefficient (Wildman–Crippen LogP) is 3.29. The van der Waals surface area contributed by atoms with Crippen molar-refractivity contribution in [1.29, 1.82) is 0 Å². The van der Waals surface area contributed by atoms with E-state index in [0.29, 0.717) is 6.42 Å². The van der Waals surface area contributed by atoms with Crippen molar-refractivity contribution >= 4 is 5.91 Å². The Bertz CT molecular complexity index is 362. The molecule has 1 amide bonds. The van der Waals surface area contributed by atoms with E-state index in [-0.39, 0.29) is 17.2 Å². The van der Waals surface area contributed by atoms with Crippen LogP contribution in [0.1, 0.15) is 38.7 Å². The van der Waals surface area contributed by atoms with Crippen LogP contribution in [0.3, 0.4) is 0 Å². The highest BCUT2D eigenvalue weighted by molar-refractivity contribution is 5.76. The first-order chi connectivity index (χ1) is 7.82. The van der Waals surface area contributed by atoms with Gasteiger partial charge in [-0.1, -0.05) is 51.1 Å². The zero-order chi connectivity index (χ0) is 13.1. The summed E-state index contributed by atoms with van der Waals surface area (Å²) in [5.41, 5.74) is 1.34. The standard InChI is InChI=1S/C15H23NO/c1-15(2,3)13(11-14(17)16(4)5)12-9-7-6-8-10-12/h6-10,13H,11H2,1-5H3/t13-/m0/s1. The van der Waals surface area contributed by atoms with E-state index in [1.54, 1.807) is 4.90 Å². The van der Waals surface area contributed by atoms with E-state index < -0.39 is 0 Å². The number of hydrogen-bond acceptors (Lipinski definition) is 1. The van der Waals surface area contributed by atoms with Gasteiger partial charge in [-0.2, -0.15) is 0 Å². The SMILES string of the molecule is CN(C)C(=O)C[C@@H](c1ccccc1)C(C)(C)C. The van der Waals surface area contributed by atoms with Crippen LogP contribution in [0, 0.1) is 5.41 Å². The lowest BCUT2D eigenvalue weighted by molar-refractivity contribution is -0.129. The highest BCUT2D eigenvalue weighted by atomic mass is 16.2. The maximum absolute atomic E-state index is 11.9. The molecule has 0 aromatic heterocycles. The van der Waals surface area contributed by atoms with E-state index in [1.165, 1.54) is 5.56 Å². The number of carbonyl (C=O) groups is 1. The van der Waals surface area contributed by atoms with Crippen molar-refractivity contribution in [2.75, 3.05) is 14.1 Å². The van der Waals surface area contributed by atoms with Gasteiger partial charge >= 0.3 is 0 Å². The number of carbonyl (C=O) groups excluding carboxylic acids is 1. The Morgan fingerprint density at radius 2 is 1.71 bits per heavy atom. The lowest BCUT2D eigenvalue weighted by Gasteiger charge is -2.31. The number of hydrogen-bond donors (Lipinski definition) is 0. The molecule has 94 valence electrons. The normalized spacial score (nSPS) is 13.2. The molecule has 0 spiro atoms. The Morgan fingerprint density at radius 3 is 2.12 bits per heavy atom. The van der Waals surface area contributed by atoms with Crippen LogP contribution in [-0.2, 0) is 4.79 Å². The Hall–Kier alpha value is -1.31. The molecule has 0 N–H and O–H groups in total. The van der Waals surface area contributed by atoms with E-state index in [0.717, 1.165) is 0 Å². The van der Waals surface area contributed by atoms with Crippen molar-refractivity contribution in [2.24, 2.45) is 5.41 Å². The van der Waals surface area contributed by atoms with Gasteiger partial charge in [0.15, 0.2) is 0 Å². The molecule has 1 aromatic rings. The molecule has 0 radical (unpaired) electrons. The maximum Gasteiger partial charge on any atom is 0.222 e. The van der Waals surface area contributed by atoms with Crippen molar-refractivity contribution in [2.45, 2.75) is 33.1 Å². The summed E-state index contributed by atoms with van der Waals surface area (Å²) < 4.78 is 0. The number of nitrogens with zero attached hydrogens (tertiary/aromatic N) is 1. The van der Waals surface area contributed by atoms with Gasteiger partial charge in [0.05, 0.1) is 0 Å². The molecule has 0 saturated heterocycles. The molecular formula is C15H23NO. The number of benzene rings is 1. The molecule has 0 fully saturated rings. The largest absolute Gasteiger partial charge is 0.349 e. The molecule has 1 aromatic carbocycles. The van der Waals surface area contributed by atoms with Crippen LogP contribution < -0.4 is 0 Å². The minimum absolute atomic E-state index is 0.0903. The molecule has 0 bridgehead atoms. The Morgan fingerprint density at radius 1 is 1.18 bits per heavy atom. The highest BCUT2D eigenvalue weighted by Gasteiger charge is 2.28. The fourth-order valence-electron chi connectivity index (χ4n) is 1.97. The summed E-state index contributed by atoms with van der Waals surface area (Å²) in [5, 5.41) is 0. The smallest absolute Gasteiger partial charge is 0.222 e. The van der Waals surface area contributed by atoms with Gasteiger partial charge in [-0.3, -0.25) is 4.79 Å². The van der Waals surface area contributed by atoms with Crippen LogP contribution >= 0.6 is 0 Å². The van der Waals surface area contributed by atoms with Crippen molar-refractivity contribution in [3.63, 3.8) is 0 Å². The molecule has 1 rings (SSSR count). The van der Waals surface area contributed by atoms with E-state index in [1.807, 2.05) is 32.3 Å². The molecule has 2 nitrogen and oxygen atoms in total. The van der Waals surface area contributed by atoms with Crippen LogP contribution in [0.15, 0.2) is 30.3 Å². The third kappa shape index (κ3) is 3.88. The van der Waals surface area contributed by atoms with Crippen LogP contribution in [0.4, 0.5) is 0 Å². The summed E-state index contributed by atoms with van der Waals surface area (Å²) >= 11 is 0. The third-order valence-electron chi connectivity index (χ3n) is 3.12. The minimum Gasteiger partial charge on any atom is -0.349 e. The average Bonchev–Trinajstić information content (AvgIpc) is 2.25. The molecule has 0 saturated carbocycles. The van der Waals surface area contributed by atoms with Gasteiger partial charge in [0.2, 0.25) is 5.91 Å². The summed E-state index contributed by atoms with van der Waals surface area (Å²) in [6.45, 7) is 6.56. The Labute approximate surface area is 105 Å². The van der Waals surface area contributed by atoms with Gasteiger partial charge in [-0.15, -0.1) is 0 Å². The minimum atomic E-state index is 0.0903. The van der Waals surface area contributed by atoms with Gasteiger partial charge < -0.3 is 4.90 Å². The van der Waals surface area contributed by atoms with E-state index in [9.17, 15) is 4.79 Å². The quantitative estimate of drug-likeness (QED) is 0.784. The maximum atomic E-state index is 11.9. The second kappa shape index (κ2) is 5.35. The zero-order valence-electron chi connectivity index (χ0n) is 11.5. The molecular weight excluding hydrogens is 210 g/mol. The van der Waals surface area contributed by atoms with Crippen molar-refractivity contribution in [1.82, 2.24) is 4.90 Å². The Kier molecular flexibility index (Phi) is 4.33. The highest BCUT2D eigenvalue weighted by Crippen LogP contribution is 2.37. The molecule has 1 atom stereocenters. The summed E-state index contributed by atoms with van der Waals surface area (Å²) in [4.78, 5) is 13.6. The van der Waals surface area contributed by atoms with Crippen molar-refractivity contribution in [3.05, 3.63) is 35.9 Å². The van der Waals surface area contributed by atoms with Crippen LogP contribution in [0.2, 0.25) is 0 Å². The number of rotatable bonds is 3. The third-order valence-corrected chi connectivity index (χ3v) is 3.12. The lowest BCUT2D eigenvalue weighted by atomic mass is 9.74. The topological polar surface area (TPSA) is 20.3 Å². The lowest BCUT2D eigenvalue weighted by Crippen LogP contribution is -2.28. The summed E-state index contributed by atoms with van der Waals surface area (Å²) in [7, 11) is 3.63. The van der Waals surface area contributed by atoms with Gasteiger partial charge in [-0.25, -0.2) is 0 Å². The average molecular weight is 233 g/mol. The predicted molar refractivity (Wildman–Crippen MR) is 71.9 cm³/mol. The fourth-order valence-corrected chi connectivity index (χ4v) is 1.97. The van der Waals surface area contributed by atoms with Crippen molar-refractivity contribution < 1.29 is 4.79 Å². The first-order valence-corrected chi connectivity index (χ1v) is 6.07. The molecule has 0 aliphatic carbocycles. The van der Waals surface area contributed by atoms with Gasteiger partial charge in [0, 0.05) is 20.5 Å². The first-order valence-electron chi connectivity index (χ1n) is 6.07.